The predicted octanol–water partition coefficient (Wildman–Crippen LogP) is 3.44. The van der Waals surface area contributed by atoms with Crippen molar-refractivity contribution in [3.05, 3.63) is 21.9 Å². The third-order valence-electron chi connectivity index (χ3n) is 2.69. The molecule has 0 aliphatic heterocycles. The SMILES string of the molecule is Cc1ccsc1CC(NC(=O)OC(C)(C)C)C(=O)OC(C)C. The van der Waals surface area contributed by atoms with Gasteiger partial charge in [0.25, 0.3) is 0 Å². The molecule has 0 spiro atoms. The Morgan fingerprint density at radius 2 is 1.95 bits per heavy atom. The number of carbonyl (C=O) groups is 2. The summed E-state index contributed by atoms with van der Waals surface area (Å²) >= 11 is 1.55. The summed E-state index contributed by atoms with van der Waals surface area (Å²) in [5, 5.41) is 4.58. The highest BCUT2D eigenvalue weighted by Crippen LogP contribution is 2.18. The Morgan fingerprint density at radius 1 is 1.32 bits per heavy atom. The summed E-state index contributed by atoms with van der Waals surface area (Å²) in [4.78, 5) is 25.2. The average Bonchev–Trinajstić information content (AvgIpc) is 2.70. The molecule has 6 heteroatoms. The van der Waals surface area contributed by atoms with Crippen molar-refractivity contribution in [2.75, 3.05) is 0 Å². The molecule has 1 amide bonds. The molecule has 0 fully saturated rings. The van der Waals surface area contributed by atoms with Crippen molar-refractivity contribution in [1.82, 2.24) is 5.32 Å². The smallest absolute Gasteiger partial charge is 0.408 e. The highest BCUT2D eigenvalue weighted by atomic mass is 32.1. The van der Waals surface area contributed by atoms with E-state index in [1.807, 2.05) is 18.4 Å². The van der Waals surface area contributed by atoms with Crippen LogP contribution in [0.15, 0.2) is 11.4 Å². The fraction of sp³-hybridized carbons (Fsp3) is 0.625. The zero-order chi connectivity index (χ0) is 16.9. The van der Waals surface area contributed by atoms with Crippen molar-refractivity contribution in [3.8, 4) is 0 Å². The lowest BCUT2D eigenvalue weighted by atomic mass is 10.1. The summed E-state index contributed by atoms with van der Waals surface area (Å²) < 4.78 is 10.4. The van der Waals surface area contributed by atoms with Crippen LogP contribution in [0.3, 0.4) is 0 Å². The van der Waals surface area contributed by atoms with Crippen LogP contribution >= 0.6 is 11.3 Å². The molecule has 22 heavy (non-hydrogen) atoms. The lowest BCUT2D eigenvalue weighted by Gasteiger charge is -2.23. The zero-order valence-electron chi connectivity index (χ0n) is 14.1. The van der Waals surface area contributed by atoms with Crippen molar-refractivity contribution >= 4 is 23.4 Å². The molecule has 0 radical (unpaired) electrons. The summed E-state index contributed by atoms with van der Waals surface area (Å²) in [7, 11) is 0. The van der Waals surface area contributed by atoms with E-state index >= 15 is 0 Å². The quantitative estimate of drug-likeness (QED) is 0.841. The van der Waals surface area contributed by atoms with Crippen molar-refractivity contribution in [1.29, 1.82) is 0 Å². The van der Waals surface area contributed by atoms with Crippen LogP contribution in [0.1, 0.15) is 45.1 Å². The molecule has 124 valence electrons. The van der Waals surface area contributed by atoms with Gasteiger partial charge in [0.2, 0.25) is 0 Å². The highest BCUT2D eigenvalue weighted by molar-refractivity contribution is 7.10. The Hall–Kier alpha value is -1.56. The van der Waals surface area contributed by atoms with Crippen molar-refractivity contribution in [2.24, 2.45) is 0 Å². The molecule has 1 N–H and O–H groups in total. The van der Waals surface area contributed by atoms with Gasteiger partial charge in [-0.25, -0.2) is 9.59 Å². The van der Waals surface area contributed by atoms with E-state index in [-0.39, 0.29) is 6.10 Å². The Kier molecular flexibility index (Phi) is 6.41. The topological polar surface area (TPSA) is 64.6 Å². The molecule has 5 nitrogen and oxygen atoms in total. The van der Waals surface area contributed by atoms with Gasteiger partial charge in [-0.15, -0.1) is 11.3 Å². The second kappa shape index (κ2) is 7.63. The lowest BCUT2D eigenvalue weighted by molar-refractivity contribution is -0.149. The molecule has 0 saturated heterocycles. The van der Waals surface area contributed by atoms with Gasteiger partial charge in [-0.2, -0.15) is 0 Å². The lowest BCUT2D eigenvalue weighted by Crippen LogP contribution is -2.46. The van der Waals surface area contributed by atoms with E-state index in [4.69, 9.17) is 9.47 Å². The fourth-order valence-corrected chi connectivity index (χ4v) is 2.71. The summed E-state index contributed by atoms with van der Waals surface area (Å²) in [6, 6.07) is 1.23. The molecule has 1 aromatic heterocycles. The van der Waals surface area contributed by atoms with E-state index < -0.39 is 23.7 Å². The summed E-state index contributed by atoms with van der Waals surface area (Å²) in [6.07, 6.45) is -0.457. The standard InChI is InChI=1S/C16H25NO4S/c1-10(2)20-14(18)12(9-13-11(3)7-8-22-13)17-15(19)21-16(4,5)6/h7-8,10,12H,9H2,1-6H3,(H,17,19). The minimum absolute atomic E-state index is 0.236. The molecule has 0 bridgehead atoms. The van der Waals surface area contributed by atoms with Gasteiger partial charge in [0, 0.05) is 11.3 Å². The summed E-state index contributed by atoms with van der Waals surface area (Å²) in [5.74, 6) is -0.450. The van der Waals surface area contributed by atoms with Crippen LogP contribution in [0.5, 0.6) is 0 Å². The predicted molar refractivity (Wildman–Crippen MR) is 87.1 cm³/mol. The Balaban J connectivity index is 2.80. The van der Waals surface area contributed by atoms with E-state index in [0.29, 0.717) is 6.42 Å². The van der Waals surface area contributed by atoms with Crippen LogP contribution in [0.4, 0.5) is 4.79 Å². The van der Waals surface area contributed by atoms with Gasteiger partial charge in [0.05, 0.1) is 6.10 Å². The van der Waals surface area contributed by atoms with Crippen LogP contribution in [0.2, 0.25) is 0 Å². The molecule has 0 aliphatic rings. The molecular formula is C16H25NO4S. The second-order valence-electron chi connectivity index (χ2n) is 6.42. The molecule has 1 rings (SSSR count). The molecule has 1 heterocycles. The highest BCUT2D eigenvalue weighted by Gasteiger charge is 2.27. The zero-order valence-corrected chi connectivity index (χ0v) is 14.9. The van der Waals surface area contributed by atoms with Gasteiger partial charge < -0.3 is 14.8 Å². The Labute approximate surface area is 136 Å². The molecule has 1 atom stereocenters. The molecule has 0 aliphatic carbocycles. The van der Waals surface area contributed by atoms with Crippen molar-refractivity contribution < 1.29 is 19.1 Å². The first-order valence-electron chi connectivity index (χ1n) is 7.31. The number of esters is 1. The minimum atomic E-state index is -0.755. The first-order valence-corrected chi connectivity index (χ1v) is 8.19. The van der Waals surface area contributed by atoms with E-state index in [2.05, 4.69) is 5.32 Å². The monoisotopic (exact) mass is 327 g/mol. The molecule has 0 aromatic carbocycles. The van der Waals surface area contributed by atoms with Crippen LogP contribution in [-0.2, 0) is 20.7 Å². The first-order chi connectivity index (χ1) is 10.1. The third-order valence-corrected chi connectivity index (χ3v) is 3.73. The number of aryl methyl sites for hydroxylation is 1. The largest absolute Gasteiger partial charge is 0.461 e. The average molecular weight is 327 g/mol. The van der Waals surface area contributed by atoms with E-state index in [0.717, 1.165) is 10.4 Å². The van der Waals surface area contributed by atoms with Gasteiger partial charge in [0.1, 0.15) is 11.6 Å². The van der Waals surface area contributed by atoms with Gasteiger partial charge in [-0.1, -0.05) is 0 Å². The molecule has 0 saturated carbocycles. The maximum Gasteiger partial charge on any atom is 0.408 e. The van der Waals surface area contributed by atoms with E-state index in [1.165, 1.54) is 0 Å². The number of hydrogen-bond acceptors (Lipinski definition) is 5. The van der Waals surface area contributed by atoms with E-state index in [1.54, 1.807) is 46.0 Å². The molecule has 1 unspecified atom stereocenters. The van der Waals surface area contributed by atoms with E-state index in [9.17, 15) is 9.59 Å². The number of thiophene rings is 1. The Morgan fingerprint density at radius 3 is 2.41 bits per heavy atom. The maximum absolute atomic E-state index is 12.2. The minimum Gasteiger partial charge on any atom is -0.461 e. The van der Waals surface area contributed by atoms with Crippen LogP contribution in [0.25, 0.3) is 0 Å². The number of alkyl carbamates (subject to hydrolysis) is 1. The number of amides is 1. The normalized spacial score (nSPS) is 12.9. The maximum atomic E-state index is 12.2. The summed E-state index contributed by atoms with van der Waals surface area (Å²) in [5.41, 5.74) is 0.480. The van der Waals surface area contributed by atoms with Crippen LogP contribution in [0, 0.1) is 6.92 Å². The first kappa shape index (κ1) is 18.5. The Bertz CT molecular complexity index is 516. The van der Waals surface area contributed by atoms with Crippen molar-refractivity contribution in [3.63, 3.8) is 0 Å². The third kappa shape index (κ3) is 6.47. The van der Waals surface area contributed by atoms with Crippen LogP contribution < -0.4 is 5.32 Å². The number of carbonyl (C=O) groups excluding carboxylic acids is 2. The van der Waals surface area contributed by atoms with Gasteiger partial charge in [-0.3, -0.25) is 0 Å². The van der Waals surface area contributed by atoms with Crippen LogP contribution in [-0.4, -0.2) is 29.8 Å². The van der Waals surface area contributed by atoms with Gasteiger partial charge >= 0.3 is 12.1 Å². The second-order valence-corrected chi connectivity index (χ2v) is 7.42. The number of nitrogens with one attached hydrogen (secondary N) is 1. The molecular weight excluding hydrogens is 302 g/mol. The molecule has 1 aromatic rings. The summed E-state index contributed by atoms with van der Waals surface area (Å²) in [6.45, 7) is 10.9. The van der Waals surface area contributed by atoms with Gasteiger partial charge in [-0.05, 0) is 58.6 Å². The van der Waals surface area contributed by atoms with Crippen molar-refractivity contribution in [2.45, 2.75) is 65.7 Å². The number of rotatable bonds is 5. The number of ether oxygens (including phenoxy) is 2. The fourth-order valence-electron chi connectivity index (χ4n) is 1.76. The van der Waals surface area contributed by atoms with Gasteiger partial charge in [0.15, 0.2) is 0 Å². The number of hydrogen-bond donors (Lipinski definition) is 1.